The van der Waals surface area contributed by atoms with Gasteiger partial charge in [-0.25, -0.2) is 0 Å². The lowest BCUT2D eigenvalue weighted by atomic mass is 9.77. The molecule has 0 heterocycles. The van der Waals surface area contributed by atoms with Crippen molar-refractivity contribution in [2.24, 2.45) is 11.3 Å². The van der Waals surface area contributed by atoms with Gasteiger partial charge in [0.15, 0.2) is 5.78 Å². The third-order valence-electron chi connectivity index (χ3n) is 3.85. The standard InChI is InChI=1S/C12H20O2/c1-8-6-5-7-12(8,4)11(14)9(2)10(3)13/h8,14H,5-7H2,1-4H3/b11-9-/t8?,12-/m0/s1. The summed E-state index contributed by atoms with van der Waals surface area (Å²) in [5, 5.41) is 10.1. The van der Waals surface area contributed by atoms with Crippen LogP contribution in [0.3, 0.4) is 0 Å². The van der Waals surface area contributed by atoms with Gasteiger partial charge in [-0.15, -0.1) is 0 Å². The Hall–Kier alpha value is -0.790. The zero-order valence-corrected chi connectivity index (χ0v) is 9.55. The van der Waals surface area contributed by atoms with Gasteiger partial charge in [-0.1, -0.05) is 20.3 Å². The highest BCUT2D eigenvalue weighted by Gasteiger charge is 2.40. The Labute approximate surface area is 86.0 Å². The van der Waals surface area contributed by atoms with Gasteiger partial charge >= 0.3 is 0 Å². The number of carbonyl (C=O) groups excluding carboxylic acids is 1. The van der Waals surface area contributed by atoms with Crippen molar-refractivity contribution in [2.45, 2.75) is 47.0 Å². The van der Waals surface area contributed by atoms with E-state index in [-0.39, 0.29) is 11.2 Å². The van der Waals surface area contributed by atoms with Crippen LogP contribution >= 0.6 is 0 Å². The maximum Gasteiger partial charge on any atom is 0.158 e. The van der Waals surface area contributed by atoms with E-state index in [2.05, 4.69) is 13.8 Å². The average Bonchev–Trinajstić information content (AvgIpc) is 2.46. The van der Waals surface area contributed by atoms with Crippen molar-refractivity contribution in [1.82, 2.24) is 0 Å². The molecule has 1 aliphatic rings. The molecule has 0 aromatic heterocycles. The van der Waals surface area contributed by atoms with Gasteiger partial charge in [0, 0.05) is 11.0 Å². The van der Waals surface area contributed by atoms with E-state index in [1.165, 1.54) is 6.92 Å². The summed E-state index contributed by atoms with van der Waals surface area (Å²) in [5.41, 5.74) is 0.358. The van der Waals surface area contributed by atoms with E-state index in [4.69, 9.17) is 0 Å². The average molecular weight is 196 g/mol. The molecular formula is C12H20O2. The van der Waals surface area contributed by atoms with E-state index in [1.807, 2.05) is 0 Å². The summed E-state index contributed by atoms with van der Waals surface area (Å²) in [6.45, 7) is 7.44. The number of rotatable bonds is 2. The Kier molecular flexibility index (Phi) is 3.03. The molecule has 0 bridgehead atoms. The van der Waals surface area contributed by atoms with E-state index in [1.54, 1.807) is 6.92 Å². The van der Waals surface area contributed by atoms with Crippen molar-refractivity contribution in [2.75, 3.05) is 0 Å². The predicted molar refractivity (Wildman–Crippen MR) is 57.1 cm³/mol. The van der Waals surface area contributed by atoms with Gasteiger partial charge in [0.25, 0.3) is 0 Å². The maximum absolute atomic E-state index is 11.2. The van der Waals surface area contributed by atoms with Crippen molar-refractivity contribution in [3.05, 3.63) is 11.3 Å². The predicted octanol–water partition coefficient (Wildman–Crippen LogP) is 3.23. The zero-order chi connectivity index (χ0) is 10.9. The van der Waals surface area contributed by atoms with Gasteiger partial charge < -0.3 is 5.11 Å². The van der Waals surface area contributed by atoms with E-state index in [0.29, 0.717) is 17.3 Å². The first kappa shape index (κ1) is 11.3. The van der Waals surface area contributed by atoms with Crippen molar-refractivity contribution in [3.8, 4) is 0 Å². The summed E-state index contributed by atoms with van der Waals surface area (Å²) in [6.07, 6.45) is 3.28. The van der Waals surface area contributed by atoms with Crippen LogP contribution in [0.4, 0.5) is 0 Å². The first-order chi connectivity index (χ1) is 6.39. The van der Waals surface area contributed by atoms with Crippen molar-refractivity contribution >= 4 is 5.78 Å². The minimum absolute atomic E-state index is 0.0252. The monoisotopic (exact) mass is 196 g/mol. The zero-order valence-electron chi connectivity index (χ0n) is 9.55. The number of Topliss-reactive ketones (excluding diaryl/α,β-unsaturated/α-hetero) is 1. The molecule has 2 atom stereocenters. The second kappa shape index (κ2) is 3.76. The van der Waals surface area contributed by atoms with E-state index >= 15 is 0 Å². The van der Waals surface area contributed by atoms with Crippen LogP contribution in [0.1, 0.15) is 47.0 Å². The molecular weight excluding hydrogens is 176 g/mol. The molecule has 0 saturated heterocycles. The molecule has 1 aliphatic carbocycles. The number of hydrogen-bond acceptors (Lipinski definition) is 2. The van der Waals surface area contributed by atoms with E-state index < -0.39 is 0 Å². The molecule has 0 aromatic carbocycles. The highest BCUT2D eigenvalue weighted by molar-refractivity contribution is 5.93. The number of aliphatic hydroxyl groups is 1. The smallest absolute Gasteiger partial charge is 0.158 e. The Morgan fingerprint density at radius 2 is 2.00 bits per heavy atom. The van der Waals surface area contributed by atoms with Gasteiger partial charge in [0.05, 0.1) is 0 Å². The molecule has 0 radical (unpaired) electrons. The number of ketones is 1. The van der Waals surface area contributed by atoms with Gasteiger partial charge in [-0.2, -0.15) is 0 Å². The van der Waals surface area contributed by atoms with Gasteiger partial charge in [-0.3, -0.25) is 4.79 Å². The lowest BCUT2D eigenvalue weighted by Gasteiger charge is -2.29. The number of aliphatic hydroxyl groups excluding tert-OH is 1. The molecule has 1 N–H and O–H groups in total. The topological polar surface area (TPSA) is 37.3 Å². The highest BCUT2D eigenvalue weighted by Crippen LogP contribution is 2.48. The molecule has 1 unspecified atom stereocenters. The van der Waals surface area contributed by atoms with Crippen LogP contribution in [0.5, 0.6) is 0 Å². The van der Waals surface area contributed by atoms with Crippen molar-refractivity contribution in [1.29, 1.82) is 0 Å². The highest BCUT2D eigenvalue weighted by atomic mass is 16.3. The van der Waals surface area contributed by atoms with E-state index in [0.717, 1.165) is 19.3 Å². The quantitative estimate of drug-likeness (QED) is 0.544. The number of hydrogen-bond donors (Lipinski definition) is 1. The van der Waals surface area contributed by atoms with Crippen LogP contribution in [-0.2, 0) is 4.79 Å². The lowest BCUT2D eigenvalue weighted by Crippen LogP contribution is -2.24. The molecule has 2 heteroatoms. The third-order valence-corrected chi connectivity index (χ3v) is 3.85. The molecule has 1 rings (SSSR count). The van der Waals surface area contributed by atoms with Crippen LogP contribution in [0, 0.1) is 11.3 Å². The normalized spacial score (nSPS) is 34.1. The van der Waals surface area contributed by atoms with Gasteiger partial charge in [0.1, 0.15) is 5.76 Å². The molecule has 80 valence electrons. The second-order valence-electron chi connectivity index (χ2n) is 4.74. The molecule has 0 spiro atoms. The maximum atomic E-state index is 11.2. The molecule has 2 nitrogen and oxygen atoms in total. The Morgan fingerprint density at radius 1 is 1.43 bits per heavy atom. The van der Waals surface area contributed by atoms with Gasteiger partial charge in [-0.05, 0) is 32.6 Å². The van der Waals surface area contributed by atoms with Crippen LogP contribution in [0.25, 0.3) is 0 Å². The molecule has 0 aromatic rings. The molecule has 1 fully saturated rings. The fourth-order valence-electron chi connectivity index (χ4n) is 2.29. The first-order valence-corrected chi connectivity index (χ1v) is 5.31. The summed E-state index contributed by atoms with van der Waals surface area (Å²) in [5.74, 6) is 0.759. The van der Waals surface area contributed by atoms with Crippen molar-refractivity contribution < 1.29 is 9.90 Å². The molecule has 0 aliphatic heterocycles. The second-order valence-corrected chi connectivity index (χ2v) is 4.74. The van der Waals surface area contributed by atoms with E-state index in [9.17, 15) is 9.90 Å². The summed E-state index contributed by atoms with van der Waals surface area (Å²) in [6, 6.07) is 0. The first-order valence-electron chi connectivity index (χ1n) is 5.31. The minimum atomic E-state index is -0.171. The van der Waals surface area contributed by atoms with Crippen LogP contribution in [0.15, 0.2) is 11.3 Å². The lowest BCUT2D eigenvalue weighted by molar-refractivity contribution is -0.113. The van der Waals surface area contributed by atoms with Gasteiger partial charge in [0.2, 0.25) is 0 Å². The largest absolute Gasteiger partial charge is 0.511 e. The molecule has 14 heavy (non-hydrogen) atoms. The van der Waals surface area contributed by atoms with Crippen LogP contribution < -0.4 is 0 Å². The Morgan fingerprint density at radius 3 is 2.36 bits per heavy atom. The minimum Gasteiger partial charge on any atom is -0.511 e. The summed E-state index contributed by atoms with van der Waals surface area (Å²) < 4.78 is 0. The fourth-order valence-corrected chi connectivity index (χ4v) is 2.29. The Bertz CT molecular complexity index is 278. The molecule has 1 saturated carbocycles. The number of carbonyl (C=O) groups is 1. The summed E-state index contributed by atoms with van der Waals surface area (Å²) >= 11 is 0. The summed E-state index contributed by atoms with van der Waals surface area (Å²) in [4.78, 5) is 11.2. The van der Waals surface area contributed by atoms with Crippen LogP contribution in [-0.4, -0.2) is 10.9 Å². The fraction of sp³-hybridized carbons (Fsp3) is 0.750. The van der Waals surface area contributed by atoms with Crippen LogP contribution in [0.2, 0.25) is 0 Å². The third kappa shape index (κ3) is 1.70. The summed E-state index contributed by atoms with van der Waals surface area (Å²) in [7, 11) is 0. The number of allylic oxidation sites excluding steroid dienone is 2. The SMILES string of the molecule is CC(=O)/C(C)=C(\O)[C@@]1(C)CCCC1C. The molecule has 0 amide bonds. The van der Waals surface area contributed by atoms with Crippen molar-refractivity contribution in [3.63, 3.8) is 0 Å². The Balaban J connectivity index is 3.03.